The Balaban J connectivity index is 3.19. The molecule has 20 heavy (non-hydrogen) atoms. The first kappa shape index (κ1) is 17.4. The highest BCUT2D eigenvalue weighted by Crippen LogP contribution is 2.45. The Labute approximate surface area is 126 Å². The normalized spacial score (nSPS) is 20.4. The van der Waals surface area contributed by atoms with E-state index in [2.05, 4.69) is 54.9 Å². The molecule has 0 radical (unpaired) electrons. The van der Waals surface area contributed by atoms with Crippen molar-refractivity contribution in [3.63, 3.8) is 0 Å². The summed E-state index contributed by atoms with van der Waals surface area (Å²) in [5.41, 5.74) is 0. The van der Waals surface area contributed by atoms with Crippen molar-refractivity contribution in [1.29, 1.82) is 0 Å². The van der Waals surface area contributed by atoms with Crippen molar-refractivity contribution < 1.29 is 5.11 Å². The molecule has 4 heteroatoms. The second kappa shape index (κ2) is 7.93. The van der Waals surface area contributed by atoms with Crippen molar-refractivity contribution in [3.8, 4) is 0 Å². The van der Waals surface area contributed by atoms with Gasteiger partial charge in [0.15, 0.2) is 0 Å². The SMILES string of the molecule is C=CC[Si]1(CC=C)CC[Si](CC=C)(CC=C)N1CCO. The molecule has 2 nitrogen and oxygen atoms in total. The number of nitrogens with zero attached hydrogens (tertiary/aromatic N) is 1. The molecule has 0 bridgehead atoms. The van der Waals surface area contributed by atoms with Crippen molar-refractivity contribution in [2.24, 2.45) is 0 Å². The van der Waals surface area contributed by atoms with Gasteiger partial charge in [-0.25, -0.2) is 0 Å². The molecule has 0 aromatic heterocycles. The summed E-state index contributed by atoms with van der Waals surface area (Å²) in [7, 11) is -3.18. The largest absolute Gasteiger partial charge is 0.395 e. The van der Waals surface area contributed by atoms with E-state index in [0.717, 1.165) is 30.7 Å². The quantitative estimate of drug-likeness (QED) is 0.488. The van der Waals surface area contributed by atoms with E-state index in [0.29, 0.717) is 0 Å². The summed E-state index contributed by atoms with van der Waals surface area (Å²) in [6.45, 7) is 16.9. The van der Waals surface area contributed by atoms with E-state index in [1.165, 1.54) is 12.1 Å². The first-order chi connectivity index (χ1) is 9.64. The van der Waals surface area contributed by atoms with Crippen molar-refractivity contribution in [3.05, 3.63) is 50.6 Å². The Hall–Kier alpha value is -0.686. The third kappa shape index (κ3) is 3.31. The van der Waals surface area contributed by atoms with Crippen LogP contribution in [0.15, 0.2) is 50.6 Å². The van der Waals surface area contributed by atoms with Crippen LogP contribution in [0.3, 0.4) is 0 Å². The van der Waals surface area contributed by atoms with Crippen LogP contribution in [0.5, 0.6) is 0 Å². The molecule has 0 saturated carbocycles. The van der Waals surface area contributed by atoms with E-state index in [4.69, 9.17) is 0 Å². The van der Waals surface area contributed by atoms with Crippen LogP contribution in [-0.2, 0) is 0 Å². The predicted molar refractivity (Wildman–Crippen MR) is 94.9 cm³/mol. The van der Waals surface area contributed by atoms with Crippen molar-refractivity contribution in [2.75, 3.05) is 13.2 Å². The fourth-order valence-electron chi connectivity index (χ4n) is 3.90. The molecule has 1 fully saturated rings. The average molecular weight is 308 g/mol. The van der Waals surface area contributed by atoms with Gasteiger partial charge in [0.25, 0.3) is 0 Å². The molecule has 0 aliphatic carbocycles. The van der Waals surface area contributed by atoms with Crippen LogP contribution in [0.4, 0.5) is 0 Å². The Morgan fingerprint density at radius 3 is 1.40 bits per heavy atom. The van der Waals surface area contributed by atoms with Crippen LogP contribution in [0.25, 0.3) is 0 Å². The standard InChI is InChI=1S/C16H29NOSi2/c1-5-11-19(12-6-2)15-16-20(13-7-3,14-8-4)17(19)9-10-18/h5-8,18H,1-4,9-16H2. The maximum atomic E-state index is 9.56. The monoisotopic (exact) mass is 307 g/mol. The first-order valence-electron chi connectivity index (χ1n) is 7.47. The van der Waals surface area contributed by atoms with Gasteiger partial charge in [0.2, 0.25) is 0 Å². The first-order valence-corrected chi connectivity index (χ1v) is 12.6. The molecule has 0 atom stereocenters. The fourth-order valence-corrected chi connectivity index (χ4v) is 19.3. The van der Waals surface area contributed by atoms with Gasteiger partial charge in [-0.05, 0) is 36.3 Å². The maximum absolute atomic E-state index is 9.56. The molecule has 112 valence electrons. The summed E-state index contributed by atoms with van der Waals surface area (Å²) >= 11 is 0. The van der Waals surface area contributed by atoms with Crippen LogP contribution < -0.4 is 0 Å². The smallest absolute Gasteiger partial charge is 0.129 e. The van der Waals surface area contributed by atoms with Crippen LogP contribution in [0, 0.1) is 0 Å². The third-order valence-corrected chi connectivity index (χ3v) is 17.3. The van der Waals surface area contributed by atoms with Crippen LogP contribution in [0.1, 0.15) is 0 Å². The molecule has 1 N–H and O–H groups in total. The lowest BCUT2D eigenvalue weighted by molar-refractivity contribution is 0.278. The molecule has 0 spiro atoms. The van der Waals surface area contributed by atoms with Crippen LogP contribution in [0.2, 0.25) is 36.3 Å². The van der Waals surface area contributed by atoms with E-state index in [1.54, 1.807) is 0 Å². The highest BCUT2D eigenvalue weighted by atomic mass is 28.4. The molecule has 0 aromatic carbocycles. The minimum atomic E-state index is -1.59. The summed E-state index contributed by atoms with van der Waals surface area (Å²) in [6.07, 6.45) is 8.30. The number of β-amino-alcohol motifs (C(OH)–C–C–N with tert-alkyl or cyclic N) is 1. The molecular weight excluding hydrogens is 278 g/mol. The number of rotatable bonds is 10. The molecule has 0 amide bonds. The maximum Gasteiger partial charge on any atom is 0.129 e. The van der Waals surface area contributed by atoms with E-state index < -0.39 is 16.5 Å². The van der Waals surface area contributed by atoms with Crippen molar-refractivity contribution in [1.82, 2.24) is 4.23 Å². The van der Waals surface area contributed by atoms with Gasteiger partial charge < -0.3 is 9.34 Å². The van der Waals surface area contributed by atoms with Gasteiger partial charge in [-0.3, -0.25) is 0 Å². The molecule has 1 aliphatic rings. The Morgan fingerprint density at radius 1 is 0.800 bits per heavy atom. The molecule has 1 saturated heterocycles. The predicted octanol–water partition coefficient (Wildman–Crippen LogP) is 3.93. The van der Waals surface area contributed by atoms with Crippen LogP contribution in [-0.4, -0.2) is 39.0 Å². The average Bonchev–Trinajstić information content (AvgIpc) is 2.69. The van der Waals surface area contributed by atoms with Crippen LogP contribution >= 0.6 is 0 Å². The molecule has 1 rings (SSSR count). The lowest BCUT2D eigenvalue weighted by Gasteiger charge is -2.44. The van der Waals surface area contributed by atoms with Gasteiger partial charge in [-0.2, -0.15) is 0 Å². The molecule has 0 unspecified atom stereocenters. The van der Waals surface area contributed by atoms with E-state index in [-0.39, 0.29) is 6.61 Å². The van der Waals surface area contributed by atoms with Gasteiger partial charge >= 0.3 is 0 Å². The van der Waals surface area contributed by atoms with E-state index in [9.17, 15) is 5.11 Å². The van der Waals surface area contributed by atoms with E-state index in [1.807, 2.05) is 0 Å². The second-order valence-corrected chi connectivity index (χ2v) is 14.9. The Kier molecular flexibility index (Phi) is 6.88. The highest BCUT2D eigenvalue weighted by molar-refractivity contribution is 6.98. The number of allylic oxidation sites excluding steroid dienone is 4. The third-order valence-electron chi connectivity index (χ3n) is 4.62. The van der Waals surface area contributed by atoms with Gasteiger partial charge in [-0.15, -0.1) is 26.3 Å². The molecular formula is C16H29NOSi2. The molecule has 1 aliphatic heterocycles. The van der Waals surface area contributed by atoms with Crippen molar-refractivity contribution in [2.45, 2.75) is 36.3 Å². The fraction of sp³-hybridized carbons (Fsp3) is 0.500. The zero-order valence-electron chi connectivity index (χ0n) is 12.7. The van der Waals surface area contributed by atoms with E-state index >= 15 is 0 Å². The summed E-state index contributed by atoms with van der Waals surface area (Å²) < 4.78 is 2.76. The minimum Gasteiger partial charge on any atom is -0.395 e. The number of hydrogen-bond donors (Lipinski definition) is 1. The number of aliphatic hydroxyl groups excluding tert-OH is 1. The summed E-state index contributed by atoms with van der Waals surface area (Å²) in [5, 5.41) is 9.56. The lowest BCUT2D eigenvalue weighted by Crippen LogP contribution is -2.60. The number of aliphatic hydroxyl groups is 1. The summed E-state index contributed by atoms with van der Waals surface area (Å²) in [6, 6.07) is 7.01. The second-order valence-electron chi connectivity index (χ2n) is 5.80. The molecule has 0 aromatic rings. The van der Waals surface area contributed by atoms with Crippen molar-refractivity contribution >= 4 is 16.5 Å². The summed E-state index contributed by atoms with van der Waals surface area (Å²) in [5.74, 6) is 0. The molecule has 1 heterocycles. The zero-order valence-corrected chi connectivity index (χ0v) is 14.7. The summed E-state index contributed by atoms with van der Waals surface area (Å²) in [4.78, 5) is 0. The lowest BCUT2D eigenvalue weighted by atomic mass is 10.7. The Morgan fingerprint density at radius 2 is 1.15 bits per heavy atom. The Bertz CT molecular complexity index is 315. The zero-order chi connectivity index (χ0) is 15.1. The van der Waals surface area contributed by atoms with Gasteiger partial charge in [0.1, 0.15) is 16.5 Å². The van der Waals surface area contributed by atoms with Gasteiger partial charge in [-0.1, -0.05) is 24.3 Å². The minimum absolute atomic E-state index is 0.242. The highest BCUT2D eigenvalue weighted by Gasteiger charge is 2.54. The van der Waals surface area contributed by atoms with Gasteiger partial charge in [0, 0.05) is 6.54 Å². The number of hydrogen-bond acceptors (Lipinski definition) is 2. The topological polar surface area (TPSA) is 23.5 Å². The van der Waals surface area contributed by atoms with Gasteiger partial charge in [0.05, 0.1) is 6.61 Å².